The summed E-state index contributed by atoms with van der Waals surface area (Å²) in [5.74, 6) is 0.329. The van der Waals surface area contributed by atoms with Crippen LogP contribution in [0.4, 0.5) is 0 Å². The van der Waals surface area contributed by atoms with Gasteiger partial charge in [-0.25, -0.2) is 9.59 Å². The fourth-order valence-electron chi connectivity index (χ4n) is 2.11. The van der Waals surface area contributed by atoms with Crippen molar-refractivity contribution in [1.29, 1.82) is 0 Å². The highest BCUT2D eigenvalue weighted by Crippen LogP contribution is 2.15. The first kappa shape index (κ1) is 19.5. The first-order valence-corrected chi connectivity index (χ1v) is 8.67. The Kier molecular flexibility index (Phi) is 7.21. The topological polar surface area (TPSA) is 61.8 Å². The maximum absolute atomic E-state index is 11.9. The number of aryl methyl sites for hydroxylation is 1. The van der Waals surface area contributed by atoms with Crippen LogP contribution < -0.4 is 9.47 Å². The van der Waals surface area contributed by atoms with Crippen LogP contribution in [0.25, 0.3) is 0 Å². The Bertz CT molecular complexity index is 717. The summed E-state index contributed by atoms with van der Waals surface area (Å²) in [6, 6.07) is 13.8. The summed E-state index contributed by atoms with van der Waals surface area (Å²) >= 11 is 0. The quantitative estimate of drug-likeness (QED) is 0.527. The van der Waals surface area contributed by atoms with E-state index in [1.807, 2.05) is 38.1 Å². The Morgan fingerprint density at radius 2 is 1.54 bits per heavy atom. The number of hydrogen-bond acceptors (Lipinski definition) is 5. The van der Waals surface area contributed by atoms with Gasteiger partial charge >= 0.3 is 11.9 Å². The number of esters is 2. The van der Waals surface area contributed by atoms with Crippen LogP contribution in [0.2, 0.25) is 0 Å². The second-order valence-corrected chi connectivity index (χ2v) is 6.28. The van der Waals surface area contributed by atoms with Gasteiger partial charge < -0.3 is 14.2 Å². The molecule has 2 aromatic carbocycles. The lowest BCUT2D eigenvalue weighted by Gasteiger charge is -2.09. The Morgan fingerprint density at radius 3 is 2.12 bits per heavy atom. The lowest BCUT2D eigenvalue weighted by atomic mass is 10.2. The van der Waals surface area contributed by atoms with Gasteiger partial charge in [-0.15, -0.1) is 0 Å². The van der Waals surface area contributed by atoms with Gasteiger partial charge in [0, 0.05) is 0 Å². The summed E-state index contributed by atoms with van der Waals surface area (Å²) in [6.45, 7) is 6.18. The first-order valence-electron chi connectivity index (χ1n) is 8.67. The van der Waals surface area contributed by atoms with E-state index in [-0.39, 0.29) is 12.5 Å². The number of rotatable bonds is 8. The minimum atomic E-state index is -0.514. The van der Waals surface area contributed by atoms with Crippen molar-refractivity contribution >= 4 is 11.9 Å². The molecule has 0 aliphatic rings. The van der Waals surface area contributed by atoms with Gasteiger partial charge in [0.05, 0.1) is 12.2 Å². The van der Waals surface area contributed by atoms with E-state index in [1.54, 1.807) is 24.3 Å². The SMILES string of the molecule is CCc1ccc(OCC(=O)Oc2ccc(C(=O)OCC(C)C)cc2)cc1. The van der Waals surface area contributed by atoms with E-state index in [2.05, 4.69) is 6.92 Å². The van der Waals surface area contributed by atoms with Crippen LogP contribution in [-0.2, 0) is 16.0 Å². The molecule has 2 aromatic rings. The van der Waals surface area contributed by atoms with Crippen molar-refractivity contribution in [3.63, 3.8) is 0 Å². The van der Waals surface area contributed by atoms with E-state index in [1.165, 1.54) is 5.56 Å². The third kappa shape index (κ3) is 6.24. The van der Waals surface area contributed by atoms with Crippen LogP contribution in [-0.4, -0.2) is 25.2 Å². The molecule has 0 amide bonds. The van der Waals surface area contributed by atoms with Crippen molar-refractivity contribution in [2.45, 2.75) is 27.2 Å². The molecule has 0 fully saturated rings. The molecule has 0 aliphatic carbocycles. The van der Waals surface area contributed by atoms with E-state index < -0.39 is 11.9 Å². The van der Waals surface area contributed by atoms with Crippen molar-refractivity contribution in [3.8, 4) is 11.5 Å². The van der Waals surface area contributed by atoms with E-state index in [0.717, 1.165) is 6.42 Å². The average Bonchev–Trinajstić information content (AvgIpc) is 2.65. The van der Waals surface area contributed by atoms with Crippen molar-refractivity contribution in [1.82, 2.24) is 0 Å². The van der Waals surface area contributed by atoms with Gasteiger partial charge in [0.25, 0.3) is 0 Å². The number of hydrogen-bond donors (Lipinski definition) is 0. The highest BCUT2D eigenvalue weighted by atomic mass is 16.6. The third-order valence-electron chi connectivity index (χ3n) is 3.56. The van der Waals surface area contributed by atoms with E-state index in [0.29, 0.717) is 23.7 Å². The maximum Gasteiger partial charge on any atom is 0.349 e. The lowest BCUT2D eigenvalue weighted by Crippen LogP contribution is -2.17. The second kappa shape index (κ2) is 9.61. The average molecular weight is 356 g/mol. The predicted molar refractivity (Wildman–Crippen MR) is 98.5 cm³/mol. The van der Waals surface area contributed by atoms with Crippen LogP contribution in [0, 0.1) is 5.92 Å². The zero-order valence-electron chi connectivity index (χ0n) is 15.4. The molecular formula is C21H24O5. The first-order chi connectivity index (χ1) is 12.5. The molecule has 0 heterocycles. The Balaban J connectivity index is 1.81. The summed E-state index contributed by atoms with van der Waals surface area (Å²) in [6.07, 6.45) is 0.948. The molecule has 0 bridgehead atoms. The largest absolute Gasteiger partial charge is 0.482 e. The molecule has 0 radical (unpaired) electrons. The zero-order chi connectivity index (χ0) is 18.9. The monoisotopic (exact) mass is 356 g/mol. The van der Waals surface area contributed by atoms with E-state index >= 15 is 0 Å². The van der Waals surface area contributed by atoms with Crippen LogP contribution in [0.3, 0.4) is 0 Å². The molecule has 0 aliphatic heterocycles. The van der Waals surface area contributed by atoms with E-state index in [4.69, 9.17) is 14.2 Å². The van der Waals surface area contributed by atoms with Gasteiger partial charge in [0.15, 0.2) is 6.61 Å². The van der Waals surface area contributed by atoms with Gasteiger partial charge in [-0.3, -0.25) is 0 Å². The molecule has 26 heavy (non-hydrogen) atoms. The fourth-order valence-corrected chi connectivity index (χ4v) is 2.11. The molecular weight excluding hydrogens is 332 g/mol. The molecule has 0 N–H and O–H groups in total. The summed E-state index contributed by atoms with van der Waals surface area (Å²) in [5.41, 5.74) is 1.62. The minimum absolute atomic E-state index is 0.191. The van der Waals surface area contributed by atoms with Gasteiger partial charge in [-0.05, 0) is 54.3 Å². The third-order valence-corrected chi connectivity index (χ3v) is 3.56. The molecule has 0 aromatic heterocycles. The van der Waals surface area contributed by atoms with Crippen molar-refractivity contribution in [2.24, 2.45) is 5.92 Å². The summed E-state index contributed by atoms with van der Waals surface area (Å²) in [4.78, 5) is 23.7. The fraction of sp³-hybridized carbons (Fsp3) is 0.333. The highest BCUT2D eigenvalue weighted by molar-refractivity contribution is 5.89. The lowest BCUT2D eigenvalue weighted by molar-refractivity contribution is -0.136. The Morgan fingerprint density at radius 1 is 0.923 bits per heavy atom. The molecule has 0 atom stereocenters. The smallest absolute Gasteiger partial charge is 0.349 e. The maximum atomic E-state index is 11.9. The molecule has 0 saturated heterocycles. The zero-order valence-corrected chi connectivity index (χ0v) is 15.4. The molecule has 5 nitrogen and oxygen atoms in total. The molecule has 2 rings (SSSR count). The molecule has 0 spiro atoms. The standard InChI is InChI=1S/C21H24O5/c1-4-16-5-9-18(10-6-16)24-14-20(22)26-19-11-7-17(8-12-19)21(23)25-13-15(2)3/h5-12,15H,4,13-14H2,1-3H3. The van der Waals surface area contributed by atoms with Crippen LogP contribution in [0.5, 0.6) is 11.5 Å². The van der Waals surface area contributed by atoms with Crippen LogP contribution in [0.1, 0.15) is 36.7 Å². The van der Waals surface area contributed by atoms with Crippen molar-refractivity contribution < 1.29 is 23.8 Å². The number of ether oxygens (including phenoxy) is 3. The predicted octanol–water partition coefficient (Wildman–Crippen LogP) is 4.05. The number of carbonyl (C=O) groups excluding carboxylic acids is 2. The van der Waals surface area contributed by atoms with Gasteiger partial charge in [0.2, 0.25) is 0 Å². The number of carbonyl (C=O) groups is 2. The summed E-state index contributed by atoms with van der Waals surface area (Å²) in [5, 5.41) is 0. The Labute approximate surface area is 153 Å². The highest BCUT2D eigenvalue weighted by Gasteiger charge is 2.10. The number of benzene rings is 2. The van der Waals surface area contributed by atoms with Gasteiger partial charge in [-0.2, -0.15) is 0 Å². The summed E-state index contributed by atoms with van der Waals surface area (Å²) < 4.78 is 15.8. The second-order valence-electron chi connectivity index (χ2n) is 6.28. The van der Waals surface area contributed by atoms with E-state index in [9.17, 15) is 9.59 Å². The summed E-state index contributed by atoms with van der Waals surface area (Å²) in [7, 11) is 0. The molecule has 138 valence electrons. The van der Waals surface area contributed by atoms with Crippen LogP contribution in [0.15, 0.2) is 48.5 Å². The van der Waals surface area contributed by atoms with Crippen molar-refractivity contribution in [3.05, 3.63) is 59.7 Å². The molecule has 0 saturated carbocycles. The van der Waals surface area contributed by atoms with Gasteiger partial charge in [-0.1, -0.05) is 32.9 Å². The Hall–Kier alpha value is -2.82. The van der Waals surface area contributed by atoms with Crippen molar-refractivity contribution in [2.75, 3.05) is 13.2 Å². The van der Waals surface area contributed by atoms with Gasteiger partial charge in [0.1, 0.15) is 11.5 Å². The molecule has 5 heteroatoms. The molecule has 0 unspecified atom stereocenters. The van der Waals surface area contributed by atoms with Crippen LogP contribution >= 0.6 is 0 Å². The minimum Gasteiger partial charge on any atom is -0.482 e. The normalized spacial score (nSPS) is 10.5.